The summed E-state index contributed by atoms with van der Waals surface area (Å²) in [5.74, 6) is 1.46. The van der Waals surface area contributed by atoms with Gasteiger partial charge < -0.3 is 19.1 Å². The molecule has 1 aromatic heterocycles. The maximum absolute atomic E-state index is 12.7. The van der Waals surface area contributed by atoms with Gasteiger partial charge in [-0.25, -0.2) is 0 Å². The molecule has 0 saturated carbocycles. The molecule has 0 radical (unpaired) electrons. The molecule has 31 heavy (non-hydrogen) atoms. The fourth-order valence-corrected chi connectivity index (χ4v) is 4.27. The van der Waals surface area contributed by atoms with Gasteiger partial charge in [-0.05, 0) is 37.6 Å². The van der Waals surface area contributed by atoms with Crippen molar-refractivity contribution >= 4 is 5.91 Å². The molecule has 0 atom stereocenters. The molecule has 8 nitrogen and oxygen atoms in total. The molecule has 0 spiro atoms. The Kier molecular flexibility index (Phi) is 7.09. The Morgan fingerprint density at radius 3 is 2.71 bits per heavy atom. The average Bonchev–Trinajstić information content (AvgIpc) is 2.99. The minimum atomic E-state index is 0.0266. The summed E-state index contributed by atoms with van der Waals surface area (Å²) in [5.41, 5.74) is 3.71. The topological polar surface area (TPSA) is 69.1 Å². The van der Waals surface area contributed by atoms with Crippen LogP contribution in [0, 0.1) is 0 Å². The van der Waals surface area contributed by atoms with E-state index in [0.29, 0.717) is 18.9 Å². The normalized spacial score (nSPS) is 17.2. The zero-order chi connectivity index (χ0) is 21.6. The highest BCUT2D eigenvalue weighted by molar-refractivity contribution is 5.77. The van der Waals surface area contributed by atoms with E-state index >= 15 is 0 Å². The van der Waals surface area contributed by atoms with Gasteiger partial charge in [-0.3, -0.25) is 14.4 Å². The van der Waals surface area contributed by atoms with Gasteiger partial charge in [0.25, 0.3) is 5.91 Å². The molecule has 2 aliphatic rings. The standard InChI is InChI=1S/C23H32N4O4/c1-3-27-22-9-14-30-16-20(22)21(24-27)15-25-10-4-11-26(13-12-25)23(28)17-31-19-7-5-18(29-2)6-8-19/h5-8H,3-4,9-17H2,1-2H3. The van der Waals surface area contributed by atoms with Crippen LogP contribution >= 0.6 is 0 Å². The van der Waals surface area contributed by atoms with Gasteiger partial charge in [0.2, 0.25) is 0 Å². The Morgan fingerprint density at radius 1 is 1.13 bits per heavy atom. The van der Waals surface area contributed by atoms with Crippen LogP contribution in [0.4, 0.5) is 0 Å². The second-order valence-corrected chi connectivity index (χ2v) is 7.96. The fraction of sp³-hybridized carbons (Fsp3) is 0.565. The summed E-state index contributed by atoms with van der Waals surface area (Å²) in [6.45, 7) is 8.57. The molecule has 2 aliphatic heterocycles. The first-order valence-electron chi connectivity index (χ1n) is 11.1. The number of carbonyl (C=O) groups excluding carboxylic acids is 1. The van der Waals surface area contributed by atoms with E-state index in [9.17, 15) is 4.79 Å². The van der Waals surface area contributed by atoms with E-state index in [2.05, 4.69) is 16.5 Å². The number of aromatic nitrogens is 2. The van der Waals surface area contributed by atoms with Gasteiger partial charge in [0.1, 0.15) is 11.5 Å². The Labute approximate surface area is 183 Å². The number of rotatable bonds is 7. The van der Waals surface area contributed by atoms with Crippen molar-refractivity contribution in [2.45, 2.75) is 39.5 Å². The number of benzene rings is 1. The van der Waals surface area contributed by atoms with Gasteiger partial charge in [-0.2, -0.15) is 5.10 Å². The lowest BCUT2D eigenvalue weighted by Crippen LogP contribution is -2.38. The van der Waals surface area contributed by atoms with Crippen molar-refractivity contribution in [3.05, 3.63) is 41.2 Å². The molecule has 3 heterocycles. The monoisotopic (exact) mass is 428 g/mol. The second-order valence-electron chi connectivity index (χ2n) is 7.96. The van der Waals surface area contributed by atoms with Crippen LogP contribution < -0.4 is 9.47 Å². The van der Waals surface area contributed by atoms with E-state index in [-0.39, 0.29) is 12.5 Å². The minimum absolute atomic E-state index is 0.0266. The summed E-state index contributed by atoms with van der Waals surface area (Å²) in [6.07, 6.45) is 1.88. The number of carbonyl (C=O) groups is 1. The predicted octanol–water partition coefficient (Wildman–Crippen LogP) is 2.10. The van der Waals surface area contributed by atoms with Gasteiger partial charge in [-0.15, -0.1) is 0 Å². The Hall–Kier alpha value is -2.58. The molecular formula is C23H32N4O4. The third-order valence-corrected chi connectivity index (χ3v) is 6.02. The van der Waals surface area contributed by atoms with E-state index < -0.39 is 0 Å². The number of hydrogen-bond acceptors (Lipinski definition) is 6. The van der Waals surface area contributed by atoms with Crippen molar-refractivity contribution in [1.82, 2.24) is 19.6 Å². The van der Waals surface area contributed by atoms with Gasteiger partial charge in [0.15, 0.2) is 6.61 Å². The highest BCUT2D eigenvalue weighted by atomic mass is 16.5. The molecule has 0 bridgehead atoms. The molecule has 1 aromatic carbocycles. The highest BCUT2D eigenvalue weighted by Gasteiger charge is 2.24. The molecule has 0 aliphatic carbocycles. The third-order valence-electron chi connectivity index (χ3n) is 6.02. The molecule has 1 amide bonds. The van der Waals surface area contributed by atoms with E-state index in [1.807, 2.05) is 29.2 Å². The van der Waals surface area contributed by atoms with Gasteiger partial charge in [-0.1, -0.05) is 0 Å². The maximum Gasteiger partial charge on any atom is 0.260 e. The third kappa shape index (κ3) is 5.19. The van der Waals surface area contributed by atoms with Crippen LogP contribution in [-0.4, -0.2) is 72.0 Å². The van der Waals surface area contributed by atoms with Crippen molar-refractivity contribution < 1.29 is 19.0 Å². The summed E-state index contributed by atoms with van der Waals surface area (Å²) in [7, 11) is 1.62. The largest absolute Gasteiger partial charge is 0.497 e. The van der Waals surface area contributed by atoms with Crippen LogP contribution in [0.25, 0.3) is 0 Å². The first kappa shape index (κ1) is 21.6. The Morgan fingerprint density at radius 2 is 1.94 bits per heavy atom. The van der Waals surface area contributed by atoms with Gasteiger partial charge in [0, 0.05) is 56.9 Å². The van der Waals surface area contributed by atoms with Crippen molar-refractivity contribution in [2.24, 2.45) is 0 Å². The number of methoxy groups -OCH3 is 1. The van der Waals surface area contributed by atoms with Crippen molar-refractivity contribution in [3.8, 4) is 11.5 Å². The first-order valence-corrected chi connectivity index (χ1v) is 11.1. The number of fused-ring (bicyclic) bond motifs is 1. The second kappa shape index (κ2) is 10.2. The van der Waals surface area contributed by atoms with Crippen molar-refractivity contribution in [1.29, 1.82) is 0 Å². The van der Waals surface area contributed by atoms with E-state index in [0.717, 1.165) is 63.6 Å². The van der Waals surface area contributed by atoms with Crippen LogP contribution in [0.1, 0.15) is 30.3 Å². The predicted molar refractivity (Wildman–Crippen MR) is 116 cm³/mol. The molecule has 1 saturated heterocycles. The zero-order valence-corrected chi connectivity index (χ0v) is 18.5. The van der Waals surface area contributed by atoms with Crippen LogP contribution in [0.3, 0.4) is 0 Å². The van der Waals surface area contributed by atoms with E-state index in [4.69, 9.17) is 19.3 Å². The summed E-state index contributed by atoms with van der Waals surface area (Å²) in [5, 5.41) is 4.85. The SMILES string of the molecule is CCn1nc(CN2CCCN(C(=O)COc3ccc(OC)cc3)CC2)c2c1CCOC2. The number of hydrogen-bond donors (Lipinski definition) is 0. The molecule has 0 unspecified atom stereocenters. The molecular weight excluding hydrogens is 396 g/mol. The lowest BCUT2D eigenvalue weighted by Gasteiger charge is -2.22. The molecule has 8 heteroatoms. The number of aryl methyl sites for hydroxylation is 1. The molecule has 1 fully saturated rings. The van der Waals surface area contributed by atoms with Crippen molar-refractivity contribution in [2.75, 3.05) is 46.5 Å². The smallest absolute Gasteiger partial charge is 0.260 e. The summed E-state index contributed by atoms with van der Waals surface area (Å²) in [6, 6.07) is 7.28. The van der Waals surface area contributed by atoms with Gasteiger partial charge in [0.05, 0.1) is 26.0 Å². The fourth-order valence-electron chi connectivity index (χ4n) is 4.27. The van der Waals surface area contributed by atoms with E-state index in [1.54, 1.807) is 7.11 Å². The van der Waals surface area contributed by atoms with E-state index in [1.165, 1.54) is 11.3 Å². The van der Waals surface area contributed by atoms with Crippen LogP contribution in [0.15, 0.2) is 24.3 Å². The highest BCUT2D eigenvalue weighted by Crippen LogP contribution is 2.23. The quantitative estimate of drug-likeness (QED) is 0.673. The number of nitrogens with zero attached hydrogens (tertiary/aromatic N) is 4. The zero-order valence-electron chi connectivity index (χ0n) is 18.5. The average molecular weight is 429 g/mol. The summed E-state index contributed by atoms with van der Waals surface area (Å²) >= 11 is 0. The number of amides is 1. The van der Waals surface area contributed by atoms with Crippen LogP contribution in [0.2, 0.25) is 0 Å². The van der Waals surface area contributed by atoms with Crippen LogP contribution in [-0.2, 0) is 35.6 Å². The van der Waals surface area contributed by atoms with Gasteiger partial charge >= 0.3 is 0 Å². The first-order chi connectivity index (χ1) is 15.2. The van der Waals surface area contributed by atoms with Crippen LogP contribution in [0.5, 0.6) is 11.5 Å². The molecule has 168 valence electrons. The molecule has 2 aromatic rings. The summed E-state index contributed by atoms with van der Waals surface area (Å²) < 4.78 is 18.6. The number of ether oxygens (including phenoxy) is 3. The lowest BCUT2D eigenvalue weighted by atomic mass is 10.1. The molecule has 0 N–H and O–H groups in total. The maximum atomic E-state index is 12.7. The lowest BCUT2D eigenvalue weighted by molar-refractivity contribution is -0.133. The molecule has 4 rings (SSSR count). The Balaban J connectivity index is 1.30. The van der Waals surface area contributed by atoms with Crippen molar-refractivity contribution in [3.63, 3.8) is 0 Å². The minimum Gasteiger partial charge on any atom is -0.497 e. The Bertz CT molecular complexity index is 880. The summed E-state index contributed by atoms with van der Waals surface area (Å²) in [4.78, 5) is 17.0.